The Morgan fingerprint density at radius 3 is 2.46 bits per heavy atom. The van der Waals surface area contributed by atoms with Gasteiger partial charge in [0, 0.05) is 40.9 Å². The van der Waals surface area contributed by atoms with E-state index < -0.39 is 40.2 Å². The zero-order valence-electron chi connectivity index (χ0n) is 31.5. The van der Waals surface area contributed by atoms with Crippen molar-refractivity contribution >= 4 is 23.6 Å². The molecule has 1 spiro atoms. The highest BCUT2D eigenvalue weighted by atomic mass is 16.6. The summed E-state index contributed by atoms with van der Waals surface area (Å²) in [4.78, 5) is 27.7. The number of aromatic hydroxyl groups is 1. The molecule has 3 saturated carbocycles. The molecule has 6 atom stereocenters. The lowest BCUT2D eigenvalue weighted by Crippen LogP contribution is -2.75. The number of rotatable bonds is 8. The van der Waals surface area contributed by atoms with E-state index in [1.54, 1.807) is 13.0 Å². The van der Waals surface area contributed by atoms with Crippen molar-refractivity contribution in [2.45, 2.75) is 110 Å². The van der Waals surface area contributed by atoms with E-state index in [9.17, 15) is 15.2 Å². The van der Waals surface area contributed by atoms with Gasteiger partial charge in [0.2, 0.25) is 5.88 Å². The number of phenolic OH excluding ortho intramolecular Hbond substituents is 1. The van der Waals surface area contributed by atoms with E-state index in [1.807, 2.05) is 46.8 Å². The van der Waals surface area contributed by atoms with Crippen molar-refractivity contribution in [3.8, 4) is 23.3 Å². The molecule has 10 heteroatoms. The van der Waals surface area contributed by atoms with Crippen molar-refractivity contribution in [2.75, 3.05) is 7.11 Å². The van der Waals surface area contributed by atoms with E-state index in [1.165, 1.54) is 12.7 Å². The van der Waals surface area contributed by atoms with Crippen LogP contribution in [0.5, 0.6) is 17.2 Å². The molecule has 274 valence electrons. The minimum Gasteiger partial charge on any atom is -0.506 e. The SMILES string of the molecule is COC(=O)/C(C)=C\CC12OC(C)(C)C3CC(C1=O)C1C(C#N)=C(N)OC4=C1C32Oc1c(CC=C(C)C)c2c(c(O)c14)C=CC(C)(CCC=C(C)C)O2. The summed E-state index contributed by atoms with van der Waals surface area (Å²) >= 11 is 0. The molecule has 4 bridgehead atoms. The van der Waals surface area contributed by atoms with Gasteiger partial charge in [-0.05, 0) is 93.2 Å². The first kappa shape index (κ1) is 35.6. The number of fused-ring (bicyclic) bond motifs is 3. The summed E-state index contributed by atoms with van der Waals surface area (Å²) in [5.41, 5.74) is 6.68. The first-order valence-electron chi connectivity index (χ1n) is 18.0. The average molecular weight is 709 g/mol. The molecule has 4 aliphatic heterocycles. The van der Waals surface area contributed by atoms with Gasteiger partial charge in [0.25, 0.3) is 0 Å². The highest BCUT2D eigenvalue weighted by Gasteiger charge is 2.84. The number of benzene rings is 1. The molecule has 3 aliphatic carbocycles. The van der Waals surface area contributed by atoms with Crippen LogP contribution in [0.25, 0.3) is 11.8 Å². The third-order valence-corrected chi connectivity index (χ3v) is 11.9. The quantitative estimate of drug-likeness (QED) is 0.160. The predicted octanol–water partition coefficient (Wildman–Crippen LogP) is 7.27. The molecule has 0 radical (unpaired) electrons. The van der Waals surface area contributed by atoms with Crippen LogP contribution in [0.15, 0.2) is 58.1 Å². The molecule has 1 saturated heterocycles. The van der Waals surface area contributed by atoms with Gasteiger partial charge in [-0.1, -0.05) is 29.4 Å². The molecule has 4 fully saturated rings. The number of nitrogens with two attached hydrogens (primary N) is 1. The fourth-order valence-electron chi connectivity index (χ4n) is 9.54. The minimum absolute atomic E-state index is 0.00497. The fourth-order valence-corrected chi connectivity index (χ4v) is 9.54. The van der Waals surface area contributed by atoms with Crippen LogP contribution in [0.3, 0.4) is 0 Å². The van der Waals surface area contributed by atoms with E-state index in [0.29, 0.717) is 58.6 Å². The number of hydrogen-bond donors (Lipinski definition) is 2. The second-order valence-corrected chi connectivity index (χ2v) is 16.3. The topological polar surface area (TPSA) is 150 Å². The van der Waals surface area contributed by atoms with E-state index in [0.717, 1.165) is 12.0 Å². The van der Waals surface area contributed by atoms with Crippen molar-refractivity contribution < 1.29 is 38.4 Å². The van der Waals surface area contributed by atoms with Crippen LogP contribution in [0.2, 0.25) is 0 Å². The van der Waals surface area contributed by atoms with Crippen molar-refractivity contribution in [1.82, 2.24) is 0 Å². The number of nitriles is 1. The molecule has 8 rings (SSSR count). The number of Topliss-reactive ketones (excluding diaryl/α,β-unsaturated/α-hetero) is 1. The largest absolute Gasteiger partial charge is 0.506 e. The fraction of sp³-hybridized carbons (Fsp3) is 0.500. The first-order chi connectivity index (χ1) is 24.5. The van der Waals surface area contributed by atoms with Crippen LogP contribution < -0.4 is 15.2 Å². The van der Waals surface area contributed by atoms with Gasteiger partial charge in [-0.15, -0.1) is 0 Å². The van der Waals surface area contributed by atoms with Crippen LogP contribution in [-0.2, 0) is 30.2 Å². The zero-order valence-corrected chi connectivity index (χ0v) is 31.5. The lowest BCUT2D eigenvalue weighted by molar-refractivity contribution is -0.181. The first-order valence-corrected chi connectivity index (χ1v) is 18.0. The van der Waals surface area contributed by atoms with Gasteiger partial charge in [0.05, 0.1) is 23.8 Å². The summed E-state index contributed by atoms with van der Waals surface area (Å²) in [7, 11) is 1.31. The molecule has 52 heavy (non-hydrogen) atoms. The number of methoxy groups -OCH3 is 1. The monoisotopic (exact) mass is 708 g/mol. The number of nitrogens with zero attached hydrogens (tertiary/aromatic N) is 1. The number of hydrogen-bond acceptors (Lipinski definition) is 10. The maximum atomic E-state index is 15.1. The maximum Gasteiger partial charge on any atom is 0.333 e. The van der Waals surface area contributed by atoms with Crippen LogP contribution >= 0.6 is 0 Å². The van der Waals surface area contributed by atoms with Gasteiger partial charge in [-0.3, -0.25) is 4.79 Å². The third kappa shape index (κ3) is 4.77. The number of ketones is 1. The van der Waals surface area contributed by atoms with E-state index in [-0.39, 0.29) is 41.1 Å². The predicted molar refractivity (Wildman–Crippen MR) is 195 cm³/mol. The Bertz CT molecular complexity index is 2050. The molecule has 10 nitrogen and oxygen atoms in total. The Morgan fingerprint density at radius 1 is 1.10 bits per heavy atom. The summed E-state index contributed by atoms with van der Waals surface area (Å²) in [5.74, 6) is -1.68. The molecule has 6 unspecified atom stereocenters. The number of phenols is 1. The van der Waals surface area contributed by atoms with Crippen LogP contribution in [-0.4, -0.2) is 46.4 Å². The lowest BCUT2D eigenvalue weighted by atomic mass is 9.45. The van der Waals surface area contributed by atoms with Crippen molar-refractivity contribution in [2.24, 2.45) is 23.5 Å². The Balaban J connectivity index is 1.53. The zero-order chi connectivity index (χ0) is 37.7. The van der Waals surface area contributed by atoms with Crippen molar-refractivity contribution in [1.29, 1.82) is 5.26 Å². The summed E-state index contributed by atoms with van der Waals surface area (Å²) < 4.78 is 32.8. The van der Waals surface area contributed by atoms with Crippen molar-refractivity contribution in [3.63, 3.8) is 0 Å². The average Bonchev–Trinajstić information content (AvgIpc) is 3.22. The van der Waals surface area contributed by atoms with E-state index >= 15 is 4.79 Å². The Hall–Kier alpha value is -4.75. The van der Waals surface area contributed by atoms with Gasteiger partial charge >= 0.3 is 5.97 Å². The molecule has 3 N–H and O–H groups in total. The molecule has 1 aromatic carbocycles. The second kappa shape index (κ2) is 11.9. The standard InChI is InChI=1S/C42H48N2O8/c1-21(2)11-10-16-40(8)17-15-24-32(45)30-34(25(33(24)50-40)13-12-22(3)4)51-42-28-19-26(29-27(20-43)37(44)49-35(30)31(29)42)36(46)41(42,52-39(28,6)7)18-14-23(5)38(47)48-9/h11-12,14-15,17,26,28-29,45H,10,13,16,18-19,44H2,1-9H3/b23-14-. The summed E-state index contributed by atoms with van der Waals surface area (Å²) in [6.07, 6.45) is 12.1. The lowest BCUT2D eigenvalue weighted by Gasteiger charge is -2.61. The highest BCUT2D eigenvalue weighted by Crippen LogP contribution is 2.74. The minimum atomic E-state index is -1.61. The normalized spacial score (nSPS) is 31.3. The van der Waals surface area contributed by atoms with E-state index in [4.69, 9.17) is 29.4 Å². The van der Waals surface area contributed by atoms with Crippen LogP contribution in [0.1, 0.15) is 97.8 Å². The van der Waals surface area contributed by atoms with Crippen LogP contribution in [0.4, 0.5) is 0 Å². The molecule has 0 aromatic heterocycles. The smallest absolute Gasteiger partial charge is 0.333 e. The summed E-state index contributed by atoms with van der Waals surface area (Å²) in [5, 5.41) is 22.7. The van der Waals surface area contributed by atoms with Gasteiger partial charge in [0.1, 0.15) is 40.2 Å². The van der Waals surface area contributed by atoms with Crippen molar-refractivity contribution in [3.05, 3.63) is 74.7 Å². The van der Waals surface area contributed by atoms with E-state index in [2.05, 4.69) is 32.1 Å². The molecule has 1 aromatic rings. The van der Waals surface area contributed by atoms with Gasteiger partial charge in [-0.2, -0.15) is 5.26 Å². The number of carbonyl (C=O) groups excluding carboxylic acids is 2. The number of allylic oxidation sites excluding steroid dienone is 5. The molecule has 0 amide bonds. The Morgan fingerprint density at radius 2 is 1.81 bits per heavy atom. The Labute approximate surface area is 305 Å². The molecular weight excluding hydrogens is 660 g/mol. The second-order valence-electron chi connectivity index (χ2n) is 16.3. The third-order valence-electron chi connectivity index (χ3n) is 11.9. The number of esters is 1. The Kier molecular flexibility index (Phi) is 8.15. The number of carbonyl (C=O) groups is 2. The van der Waals surface area contributed by atoms with Gasteiger partial charge in [0.15, 0.2) is 17.0 Å². The summed E-state index contributed by atoms with van der Waals surface area (Å²) in [6, 6.07) is 2.23. The molecule has 7 aliphatic rings. The molecule has 4 heterocycles. The van der Waals surface area contributed by atoms with Crippen LogP contribution in [0, 0.1) is 29.1 Å². The molecular formula is C42H48N2O8. The highest BCUT2D eigenvalue weighted by molar-refractivity contribution is 6.01. The van der Waals surface area contributed by atoms with Gasteiger partial charge < -0.3 is 34.5 Å². The maximum absolute atomic E-state index is 15.1. The van der Waals surface area contributed by atoms with Gasteiger partial charge in [-0.25, -0.2) is 4.79 Å². The summed E-state index contributed by atoms with van der Waals surface area (Å²) in [6.45, 7) is 15.7. The number of ether oxygens (including phenoxy) is 5.